The van der Waals surface area contributed by atoms with Crippen LogP contribution in [-0.4, -0.2) is 45.0 Å². The third-order valence-corrected chi connectivity index (χ3v) is 7.07. The molecule has 1 N–H and O–H groups in total. The molecule has 7 heteroatoms. The lowest BCUT2D eigenvalue weighted by Crippen LogP contribution is -2.40. The molecule has 1 aromatic carbocycles. The number of rotatable bonds is 4. The maximum absolute atomic E-state index is 12.6. The first-order valence-electron chi connectivity index (χ1n) is 8.89. The Hall–Kier alpha value is -1.44. The first-order chi connectivity index (χ1) is 11.9. The lowest BCUT2D eigenvalue weighted by atomic mass is 9.98. The molecule has 0 spiro atoms. The van der Waals surface area contributed by atoms with Crippen molar-refractivity contribution in [1.82, 2.24) is 9.62 Å². The molecule has 0 radical (unpaired) electrons. The van der Waals surface area contributed by atoms with Crippen LogP contribution < -0.4 is 4.72 Å². The lowest BCUT2D eigenvalue weighted by molar-refractivity contribution is -0.137. The molecule has 0 bridgehead atoms. The van der Waals surface area contributed by atoms with Crippen LogP contribution in [0.4, 0.5) is 0 Å². The Balaban J connectivity index is 1.50. The summed E-state index contributed by atoms with van der Waals surface area (Å²) in [5.41, 5.74) is 1.91. The van der Waals surface area contributed by atoms with E-state index >= 15 is 0 Å². The van der Waals surface area contributed by atoms with E-state index < -0.39 is 10.0 Å². The molecule has 3 aliphatic rings. The van der Waals surface area contributed by atoms with Gasteiger partial charge in [0.25, 0.3) is 0 Å². The summed E-state index contributed by atoms with van der Waals surface area (Å²) in [5, 5.41) is 0. The van der Waals surface area contributed by atoms with Crippen LogP contribution in [0.25, 0.3) is 0 Å². The van der Waals surface area contributed by atoms with Gasteiger partial charge in [0, 0.05) is 31.2 Å². The Morgan fingerprint density at radius 3 is 2.80 bits per heavy atom. The standard InChI is InChI=1S/C18H24N2O4S/c1-18(6-7-18)17(21)20-8-4-13-10-16(3-2-14(13)11-20)25(22,23)19-15-5-9-24-12-15/h2-3,10,15,19H,4-9,11-12H2,1H3. The van der Waals surface area contributed by atoms with Crippen molar-refractivity contribution in [3.8, 4) is 0 Å². The van der Waals surface area contributed by atoms with Crippen LogP contribution >= 0.6 is 0 Å². The van der Waals surface area contributed by atoms with Crippen molar-refractivity contribution in [3.05, 3.63) is 29.3 Å². The second-order valence-corrected chi connectivity index (χ2v) is 9.36. The van der Waals surface area contributed by atoms with Gasteiger partial charge in [0.2, 0.25) is 15.9 Å². The predicted octanol–water partition coefficient (Wildman–Crippen LogP) is 1.44. The topological polar surface area (TPSA) is 75.7 Å². The third kappa shape index (κ3) is 3.32. The number of carbonyl (C=O) groups is 1. The van der Waals surface area contributed by atoms with E-state index in [1.807, 2.05) is 17.9 Å². The van der Waals surface area contributed by atoms with Gasteiger partial charge in [-0.1, -0.05) is 13.0 Å². The van der Waals surface area contributed by atoms with Crippen LogP contribution in [0.15, 0.2) is 23.1 Å². The van der Waals surface area contributed by atoms with E-state index in [4.69, 9.17) is 4.74 Å². The number of hydrogen-bond donors (Lipinski definition) is 1. The minimum atomic E-state index is -3.53. The average molecular weight is 364 g/mol. The molecule has 25 heavy (non-hydrogen) atoms. The fourth-order valence-electron chi connectivity index (χ4n) is 3.57. The van der Waals surface area contributed by atoms with E-state index in [1.54, 1.807) is 12.1 Å². The van der Waals surface area contributed by atoms with Gasteiger partial charge in [0.15, 0.2) is 0 Å². The first-order valence-corrected chi connectivity index (χ1v) is 10.4. The highest BCUT2D eigenvalue weighted by Gasteiger charge is 2.47. The zero-order chi connectivity index (χ0) is 17.7. The Kier molecular flexibility index (Phi) is 4.13. The number of fused-ring (bicyclic) bond motifs is 1. The van der Waals surface area contributed by atoms with Gasteiger partial charge >= 0.3 is 0 Å². The van der Waals surface area contributed by atoms with Crippen molar-refractivity contribution in [3.63, 3.8) is 0 Å². The van der Waals surface area contributed by atoms with Crippen molar-refractivity contribution in [2.45, 2.75) is 50.1 Å². The quantitative estimate of drug-likeness (QED) is 0.877. The van der Waals surface area contributed by atoms with Gasteiger partial charge in [0.1, 0.15) is 0 Å². The van der Waals surface area contributed by atoms with Crippen LogP contribution in [-0.2, 0) is 32.5 Å². The molecule has 0 aromatic heterocycles. The largest absolute Gasteiger partial charge is 0.380 e. The van der Waals surface area contributed by atoms with Gasteiger partial charge in [-0.2, -0.15) is 0 Å². The van der Waals surface area contributed by atoms with Crippen LogP contribution in [0.1, 0.15) is 37.3 Å². The highest BCUT2D eigenvalue weighted by atomic mass is 32.2. The van der Waals surface area contributed by atoms with Crippen molar-refractivity contribution in [1.29, 1.82) is 0 Å². The van der Waals surface area contributed by atoms with E-state index in [-0.39, 0.29) is 17.4 Å². The summed E-state index contributed by atoms with van der Waals surface area (Å²) in [7, 11) is -3.53. The number of carbonyl (C=O) groups excluding carboxylic acids is 1. The Morgan fingerprint density at radius 2 is 2.12 bits per heavy atom. The molecule has 1 aromatic rings. The second-order valence-electron chi connectivity index (χ2n) is 7.65. The normalized spacial score (nSPS) is 24.8. The summed E-state index contributed by atoms with van der Waals surface area (Å²) < 4.78 is 33.1. The smallest absolute Gasteiger partial charge is 0.240 e. The molecule has 1 atom stereocenters. The third-order valence-electron chi connectivity index (χ3n) is 5.56. The number of benzene rings is 1. The predicted molar refractivity (Wildman–Crippen MR) is 92.4 cm³/mol. The molecule has 4 rings (SSSR count). The van der Waals surface area contributed by atoms with Gasteiger partial charge < -0.3 is 9.64 Å². The summed E-state index contributed by atoms with van der Waals surface area (Å²) in [5.74, 6) is 0.234. The molecule has 1 amide bonds. The number of sulfonamides is 1. The van der Waals surface area contributed by atoms with Crippen LogP contribution in [0.5, 0.6) is 0 Å². The molecule has 2 heterocycles. The van der Waals surface area contributed by atoms with Crippen LogP contribution in [0.3, 0.4) is 0 Å². The number of hydrogen-bond acceptors (Lipinski definition) is 4. The molecule has 2 fully saturated rings. The molecule has 2 aliphatic heterocycles. The monoisotopic (exact) mass is 364 g/mol. The number of nitrogens with one attached hydrogen (secondary N) is 1. The molecule has 1 unspecified atom stereocenters. The first kappa shape index (κ1) is 17.0. The number of amides is 1. The molecule has 6 nitrogen and oxygen atoms in total. The summed E-state index contributed by atoms with van der Waals surface area (Å²) in [4.78, 5) is 14.7. The minimum Gasteiger partial charge on any atom is -0.380 e. The average Bonchev–Trinajstić information content (AvgIpc) is 3.14. The summed E-state index contributed by atoms with van der Waals surface area (Å²) in [6.45, 7) is 4.29. The molecule has 1 saturated carbocycles. The fourth-order valence-corrected chi connectivity index (χ4v) is 4.87. The number of ether oxygens (including phenoxy) is 1. The number of nitrogens with zero attached hydrogens (tertiary/aromatic N) is 1. The molecule has 1 aliphatic carbocycles. The highest BCUT2D eigenvalue weighted by Crippen LogP contribution is 2.47. The highest BCUT2D eigenvalue weighted by molar-refractivity contribution is 7.89. The van der Waals surface area contributed by atoms with E-state index in [9.17, 15) is 13.2 Å². The fraction of sp³-hybridized carbons (Fsp3) is 0.611. The summed E-state index contributed by atoms with van der Waals surface area (Å²) in [6.07, 6.45) is 3.36. The molecular formula is C18H24N2O4S. The summed E-state index contributed by atoms with van der Waals surface area (Å²) in [6, 6.07) is 5.11. The zero-order valence-corrected chi connectivity index (χ0v) is 15.3. The molecule has 1 saturated heterocycles. The summed E-state index contributed by atoms with van der Waals surface area (Å²) >= 11 is 0. The van der Waals surface area contributed by atoms with Gasteiger partial charge in [-0.05, 0) is 48.9 Å². The van der Waals surface area contributed by atoms with Crippen molar-refractivity contribution >= 4 is 15.9 Å². The second kappa shape index (κ2) is 6.07. The van der Waals surface area contributed by atoms with Crippen molar-refractivity contribution in [2.75, 3.05) is 19.8 Å². The maximum Gasteiger partial charge on any atom is 0.240 e. The van der Waals surface area contributed by atoms with E-state index in [0.29, 0.717) is 44.0 Å². The van der Waals surface area contributed by atoms with Gasteiger partial charge in [0.05, 0.1) is 11.5 Å². The van der Waals surface area contributed by atoms with Gasteiger partial charge in [-0.15, -0.1) is 0 Å². The minimum absolute atomic E-state index is 0.145. The maximum atomic E-state index is 12.6. The van der Waals surface area contributed by atoms with E-state index in [2.05, 4.69) is 4.72 Å². The Labute approximate surface area is 148 Å². The Bertz CT molecular complexity index is 795. The van der Waals surface area contributed by atoms with E-state index in [1.165, 1.54) is 0 Å². The molecular weight excluding hydrogens is 340 g/mol. The van der Waals surface area contributed by atoms with E-state index in [0.717, 1.165) is 24.0 Å². The van der Waals surface area contributed by atoms with Crippen molar-refractivity contribution in [2.24, 2.45) is 5.41 Å². The van der Waals surface area contributed by atoms with Crippen molar-refractivity contribution < 1.29 is 17.9 Å². The van der Waals surface area contributed by atoms with Crippen LogP contribution in [0.2, 0.25) is 0 Å². The SMILES string of the molecule is CC1(C(=O)N2CCc3cc(S(=O)(=O)NC4CCOC4)ccc3C2)CC1. The lowest BCUT2D eigenvalue weighted by Gasteiger charge is -2.31. The van der Waals surface area contributed by atoms with Crippen LogP contribution in [0, 0.1) is 5.41 Å². The van der Waals surface area contributed by atoms with Gasteiger partial charge in [-0.25, -0.2) is 13.1 Å². The Morgan fingerprint density at radius 1 is 1.32 bits per heavy atom. The van der Waals surface area contributed by atoms with Gasteiger partial charge in [-0.3, -0.25) is 4.79 Å². The zero-order valence-electron chi connectivity index (χ0n) is 14.5. The molecule has 136 valence electrons.